The lowest BCUT2D eigenvalue weighted by Gasteiger charge is -2.13. The number of thioether (sulfide) groups is 1. The zero-order chi connectivity index (χ0) is 18.6. The molecule has 0 saturated heterocycles. The Hall–Kier alpha value is -0.720. The van der Waals surface area contributed by atoms with Gasteiger partial charge in [0.1, 0.15) is 0 Å². The van der Waals surface area contributed by atoms with Gasteiger partial charge in [0.05, 0.1) is 4.90 Å². The van der Waals surface area contributed by atoms with E-state index < -0.39 is 10.0 Å². The zero-order valence-corrected chi connectivity index (χ0v) is 17.5. The molecule has 2 aromatic carbocycles. The van der Waals surface area contributed by atoms with Crippen LogP contribution in [0.2, 0.25) is 10.0 Å². The van der Waals surface area contributed by atoms with Crippen LogP contribution in [0.3, 0.4) is 0 Å². The third kappa shape index (κ3) is 5.63. The van der Waals surface area contributed by atoms with E-state index in [4.69, 9.17) is 23.2 Å². The molecule has 2 aromatic rings. The fourth-order valence-electron chi connectivity index (χ4n) is 2.73. The van der Waals surface area contributed by atoms with Crippen molar-refractivity contribution in [2.24, 2.45) is 0 Å². The molecule has 0 aliphatic carbocycles. The molecule has 0 atom stereocenters. The first-order valence-corrected chi connectivity index (χ1v) is 11.2. The number of nitrogens with one attached hydrogen (secondary N) is 1. The standard InChI is InChI=1S/C18H21Cl2NO2S2/c1-12-8-13(2)18(14(3)9-12)25(22,23)21-6-7-24-11-15-4-5-16(19)10-17(15)20/h4-5,8-10,21H,6-7,11H2,1-3H3. The average molecular weight is 418 g/mol. The van der Waals surface area contributed by atoms with Crippen LogP contribution in [0.5, 0.6) is 0 Å². The van der Waals surface area contributed by atoms with E-state index in [0.717, 1.165) is 22.3 Å². The molecule has 3 nitrogen and oxygen atoms in total. The third-order valence-electron chi connectivity index (χ3n) is 3.68. The number of rotatable bonds is 7. The minimum absolute atomic E-state index is 0.366. The smallest absolute Gasteiger partial charge is 0.210 e. The highest BCUT2D eigenvalue weighted by molar-refractivity contribution is 7.98. The fourth-order valence-corrected chi connectivity index (χ4v) is 5.76. The highest BCUT2D eigenvalue weighted by atomic mass is 35.5. The van der Waals surface area contributed by atoms with Gasteiger partial charge < -0.3 is 0 Å². The van der Waals surface area contributed by atoms with E-state index in [1.54, 1.807) is 23.9 Å². The van der Waals surface area contributed by atoms with Gasteiger partial charge in [0, 0.05) is 28.1 Å². The number of halogens is 2. The van der Waals surface area contributed by atoms with Crippen LogP contribution >= 0.6 is 35.0 Å². The number of sulfonamides is 1. The number of aryl methyl sites for hydroxylation is 3. The summed E-state index contributed by atoms with van der Waals surface area (Å²) in [5.74, 6) is 1.36. The third-order valence-corrected chi connectivity index (χ3v) is 7.05. The first kappa shape index (κ1) is 20.6. The Morgan fingerprint density at radius 3 is 2.28 bits per heavy atom. The maximum absolute atomic E-state index is 12.6. The van der Waals surface area contributed by atoms with Crippen molar-refractivity contribution in [2.75, 3.05) is 12.3 Å². The monoisotopic (exact) mass is 417 g/mol. The summed E-state index contributed by atoms with van der Waals surface area (Å²) in [7, 11) is -3.50. The summed E-state index contributed by atoms with van der Waals surface area (Å²) in [6.07, 6.45) is 0. The molecule has 0 bridgehead atoms. The van der Waals surface area contributed by atoms with Crippen molar-refractivity contribution in [2.45, 2.75) is 31.4 Å². The largest absolute Gasteiger partial charge is 0.241 e. The van der Waals surface area contributed by atoms with Gasteiger partial charge >= 0.3 is 0 Å². The second-order valence-electron chi connectivity index (χ2n) is 5.91. The van der Waals surface area contributed by atoms with Crippen LogP contribution in [-0.2, 0) is 15.8 Å². The first-order valence-electron chi connectivity index (χ1n) is 7.80. The Morgan fingerprint density at radius 2 is 1.68 bits per heavy atom. The lowest BCUT2D eigenvalue weighted by Crippen LogP contribution is -2.27. The molecule has 0 fully saturated rings. The van der Waals surface area contributed by atoms with Gasteiger partial charge in [-0.2, -0.15) is 11.8 Å². The molecular weight excluding hydrogens is 397 g/mol. The lowest BCUT2D eigenvalue weighted by molar-refractivity contribution is 0.583. The molecule has 25 heavy (non-hydrogen) atoms. The maximum atomic E-state index is 12.6. The van der Waals surface area contributed by atoms with Gasteiger partial charge in [0.25, 0.3) is 0 Å². The van der Waals surface area contributed by atoms with E-state index in [9.17, 15) is 8.42 Å². The van der Waals surface area contributed by atoms with Crippen LogP contribution in [-0.4, -0.2) is 20.7 Å². The van der Waals surface area contributed by atoms with Crippen LogP contribution in [0.1, 0.15) is 22.3 Å². The summed E-state index contributed by atoms with van der Waals surface area (Å²) in [6.45, 7) is 5.98. The Morgan fingerprint density at radius 1 is 1.04 bits per heavy atom. The Labute approximate surface area is 164 Å². The quantitative estimate of drug-likeness (QED) is 0.634. The summed E-state index contributed by atoms with van der Waals surface area (Å²) in [6, 6.07) is 9.18. The SMILES string of the molecule is Cc1cc(C)c(S(=O)(=O)NCCSCc2ccc(Cl)cc2Cl)c(C)c1. The molecule has 7 heteroatoms. The molecule has 0 unspecified atom stereocenters. The second-order valence-corrected chi connectivity index (χ2v) is 9.57. The van der Waals surface area contributed by atoms with E-state index >= 15 is 0 Å². The Balaban J connectivity index is 1.91. The molecule has 0 aromatic heterocycles. The molecule has 0 spiro atoms. The van der Waals surface area contributed by atoms with Gasteiger partial charge in [-0.15, -0.1) is 0 Å². The molecule has 0 aliphatic heterocycles. The van der Waals surface area contributed by atoms with Crippen LogP contribution in [0.4, 0.5) is 0 Å². The normalized spacial score (nSPS) is 11.7. The molecule has 0 amide bonds. The highest BCUT2D eigenvalue weighted by Crippen LogP contribution is 2.25. The summed E-state index contributed by atoms with van der Waals surface area (Å²) in [5, 5.41) is 1.24. The maximum Gasteiger partial charge on any atom is 0.241 e. The van der Waals surface area contributed by atoms with Crippen molar-refractivity contribution in [1.29, 1.82) is 0 Å². The number of hydrogen-bond donors (Lipinski definition) is 1. The molecule has 0 radical (unpaired) electrons. The molecule has 0 aliphatic rings. The van der Waals surface area contributed by atoms with Gasteiger partial charge in [-0.05, 0) is 49.6 Å². The number of hydrogen-bond acceptors (Lipinski definition) is 3. The Kier molecular flexibility index (Phi) is 7.23. The summed E-state index contributed by atoms with van der Waals surface area (Å²) in [4.78, 5) is 0.379. The van der Waals surface area contributed by atoms with Gasteiger partial charge in [-0.3, -0.25) is 0 Å². The predicted octanol–water partition coefficient (Wildman–Crippen LogP) is 5.13. The highest BCUT2D eigenvalue weighted by Gasteiger charge is 2.19. The van der Waals surface area contributed by atoms with Crippen molar-refractivity contribution < 1.29 is 8.42 Å². The summed E-state index contributed by atoms with van der Waals surface area (Å²) < 4.78 is 27.8. The minimum Gasteiger partial charge on any atom is -0.210 e. The average Bonchev–Trinajstić information content (AvgIpc) is 2.47. The summed E-state index contributed by atoms with van der Waals surface area (Å²) >= 11 is 13.6. The zero-order valence-electron chi connectivity index (χ0n) is 14.4. The van der Waals surface area contributed by atoms with E-state index in [1.807, 2.05) is 39.0 Å². The van der Waals surface area contributed by atoms with Crippen LogP contribution < -0.4 is 4.72 Å². The van der Waals surface area contributed by atoms with E-state index in [1.165, 1.54) is 0 Å². The molecule has 2 rings (SSSR count). The van der Waals surface area contributed by atoms with Crippen LogP contribution in [0.25, 0.3) is 0 Å². The molecule has 136 valence electrons. The van der Waals surface area contributed by atoms with Gasteiger partial charge in [0.15, 0.2) is 0 Å². The first-order chi connectivity index (χ1) is 11.7. The number of benzene rings is 2. The van der Waals surface area contributed by atoms with E-state index in [2.05, 4.69) is 4.72 Å². The molecular formula is C18H21Cl2NO2S2. The lowest BCUT2D eigenvalue weighted by atomic mass is 10.1. The van der Waals surface area contributed by atoms with E-state index in [0.29, 0.717) is 33.0 Å². The molecule has 0 saturated carbocycles. The Bertz CT molecular complexity index is 844. The van der Waals surface area contributed by atoms with Gasteiger partial charge in [-0.1, -0.05) is 47.0 Å². The minimum atomic E-state index is -3.50. The van der Waals surface area contributed by atoms with Crippen molar-refractivity contribution in [1.82, 2.24) is 4.72 Å². The fraction of sp³-hybridized carbons (Fsp3) is 0.333. The van der Waals surface area contributed by atoms with Gasteiger partial charge in [0.2, 0.25) is 10.0 Å². The van der Waals surface area contributed by atoms with Crippen molar-refractivity contribution in [3.63, 3.8) is 0 Å². The van der Waals surface area contributed by atoms with Crippen molar-refractivity contribution >= 4 is 45.0 Å². The predicted molar refractivity (Wildman–Crippen MR) is 108 cm³/mol. The molecule has 1 N–H and O–H groups in total. The van der Waals surface area contributed by atoms with Crippen LogP contribution in [0, 0.1) is 20.8 Å². The van der Waals surface area contributed by atoms with E-state index in [-0.39, 0.29) is 0 Å². The van der Waals surface area contributed by atoms with Gasteiger partial charge in [-0.25, -0.2) is 13.1 Å². The summed E-state index contributed by atoms with van der Waals surface area (Å²) in [5.41, 5.74) is 3.59. The van der Waals surface area contributed by atoms with Crippen molar-refractivity contribution in [3.05, 3.63) is 62.6 Å². The second kappa shape index (κ2) is 8.78. The molecule has 0 heterocycles. The topological polar surface area (TPSA) is 46.2 Å². The van der Waals surface area contributed by atoms with Crippen LogP contribution in [0.15, 0.2) is 35.2 Å². The van der Waals surface area contributed by atoms with Crippen molar-refractivity contribution in [3.8, 4) is 0 Å².